The van der Waals surface area contributed by atoms with Crippen molar-refractivity contribution in [1.29, 1.82) is 0 Å². The lowest BCUT2D eigenvalue weighted by Crippen LogP contribution is -2.29. The minimum absolute atomic E-state index is 0.0471. The number of nitrogens with zero attached hydrogens (tertiary/aromatic N) is 9. The van der Waals surface area contributed by atoms with Gasteiger partial charge in [0.1, 0.15) is 59.0 Å². The number of aryl methyl sites for hydroxylation is 7. The summed E-state index contributed by atoms with van der Waals surface area (Å²) in [4.78, 5) is 116. The summed E-state index contributed by atoms with van der Waals surface area (Å²) >= 11 is 0. The fourth-order valence-electron chi connectivity index (χ4n) is 12.4. The van der Waals surface area contributed by atoms with E-state index in [1.807, 2.05) is 0 Å². The van der Waals surface area contributed by atoms with Crippen molar-refractivity contribution in [3.63, 3.8) is 0 Å². The maximum Gasteiger partial charge on any atom is 0.471 e. The zero-order chi connectivity index (χ0) is 84.2. The molecule has 0 fully saturated rings. The van der Waals surface area contributed by atoms with Crippen LogP contribution in [0.4, 0.5) is 27.3 Å². The van der Waals surface area contributed by atoms with E-state index in [-0.39, 0.29) is 82.5 Å². The number of fused-ring (bicyclic) bond motifs is 2. The van der Waals surface area contributed by atoms with Gasteiger partial charge in [-0.3, -0.25) is 37.9 Å². The lowest BCUT2D eigenvalue weighted by molar-refractivity contribution is -0.0235. The van der Waals surface area contributed by atoms with E-state index in [4.69, 9.17) is 51.9 Å². The second-order valence-corrected chi connectivity index (χ2v) is 28.9. The number of H-pyrrole nitrogens is 1. The topological polar surface area (TPSA) is 426 Å². The summed E-state index contributed by atoms with van der Waals surface area (Å²) in [7, 11) is 3.26. The first-order chi connectivity index (χ1) is 56.5. The molecule has 4 aromatic carbocycles. The highest BCUT2D eigenvalue weighted by Gasteiger charge is 2.27. The Hall–Kier alpha value is -11.6. The van der Waals surface area contributed by atoms with Crippen LogP contribution in [0.5, 0.6) is 17.2 Å². The van der Waals surface area contributed by atoms with Crippen molar-refractivity contribution in [3.8, 4) is 40.0 Å². The Morgan fingerprint density at radius 2 is 1.11 bits per heavy atom. The van der Waals surface area contributed by atoms with Crippen LogP contribution in [0.2, 0.25) is 0 Å². The molecule has 0 aliphatic heterocycles. The number of aromatic nitrogens is 10. The maximum atomic E-state index is 14.3. The summed E-state index contributed by atoms with van der Waals surface area (Å²) in [5.74, 6) is -0.965. The normalized spacial score (nSPS) is 11.8. The fourth-order valence-corrected chi connectivity index (χ4v) is 12.6. The molecule has 38 heteroatoms. The minimum Gasteiger partial charge on any atom is -0.491 e. The number of rotatable bonds is 45. The zero-order valence-corrected chi connectivity index (χ0v) is 67.5. The van der Waals surface area contributed by atoms with Gasteiger partial charge >= 0.3 is 7.82 Å². The molecule has 7 heterocycles. The lowest BCUT2D eigenvalue weighted by Gasteiger charge is -2.22. The molecule has 0 aliphatic carbocycles. The molecular weight excluding hydrogens is 1560 g/mol. The van der Waals surface area contributed by atoms with Crippen molar-refractivity contribution in [1.82, 2.24) is 52.7 Å². The molecule has 0 bridgehead atoms. The second kappa shape index (κ2) is 40.5. The number of ether oxygens (including phenoxy) is 10. The summed E-state index contributed by atoms with van der Waals surface area (Å²) in [6, 6.07) is 24.0. The number of hydrogen-bond acceptors (Lipinski definition) is 22. The van der Waals surface area contributed by atoms with Crippen LogP contribution in [-0.4, -0.2) is 211 Å². The lowest BCUT2D eigenvalue weighted by atomic mass is 9.93. The number of pyridine rings is 1. The van der Waals surface area contributed by atoms with Gasteiger partial charge in [0, 0.05) is 107 Å². The van der Waals surface area contributed by atoms with Gasteiger partial charge in [-0.2, -0.15) is 0 Å². The van der Waals surface area contributed by atoms with Crippen LogP contribution in [0.15, 0.2) is 133 Å². The number of hydrogen-bond donors (Lipinski definition) is 9. The molecule has 0 spiro atoms. The Labute approximate surface area is 676 Å². The fraction of sp³-hybridized carbons (Fsp3) is 0.362. The molecule has 0 unspecified atom stereocenters. The van der Waals surface area contributed by atoms with Crippen molar-refractivity contribution in [2.24, 2.45) is 35.2 Å². The number of imidazole rings is 3. The molecule has 9 N–H and O–H groups in total. The van der Waals surface area contributed by atoms with Crippen LogP contribution in [0, 0.1) is 19.7 Å². The molecule has 7 aromatic heterocycles. The van der Waals surface area contributed by atoms with Crippen LogP contribution in [0.3, 0.4) is 0 Å². The summed E-state index contributed by atoms with van der Waals surface area (Å²) < 4.78 is 96.6. The molecule has 0 radical (unpaired) electrons. The predicted octanol–water partition coefficient (Wildman–Crippen LogP) is 8.49. The quantitative estimate of drug-likeness (QED) is 0.0127. The van der Waals surface area contributed by atoms with E-state index in [1.54, 1.807) is 145 Å². The van der Waals surface area contributed by atoms with Gasteiger partial charge < -0.3 is 117 Å². The monoisotopic (exact) mass is 1650 g/mol. The van der Waals surface area contributed by atoms with E-state index >= 15 is 0 Å². The number of aromatic amines is 1. The van der Waals surface area contributed by atoms with E-state index in [2.05, 4.69) is 46.5 Å². The van der Waals surface area contributed by atoms with Crippen molar-refractivity contribution in [2.75, 3.05) is 140 Å². The third kappa shape index (κ3) is 23.6. The van der Waals surface area contributed by atoms with Gasteiger partial charge in [-0.05, 0) is 129 Å². The number of phosphoric ester groups is 1. The van der Waals surface area contributed by atoms with Crippen LogP contribution >= 0.6 is 7.82 Å². The molecule has 0 saturated carbocycles. The first-order valence-electron chi connectivity index (χ1n) is 37.5. The number of phosphoric acid groups is 1. The van der Waals surface area contributed by atoms with E-state index in [0.29, 0.717) is 178 Å². The van der Waals surface area contributed by atoms with Crippen molar-refractivity contribution in [2.45, 2.75) is 40.0 Å². The SMILES string of the molecule is Cc1cc(F)cc(C)c1Oc1ccc(C(C)(C)O)cc1-c1cn(C)c(=O)c2[nH]c(C(=O)Nc3ccc(OCCOCCOCCOCCOCCOCCOCCOCCOCCNC(=O)c4cc(NC(=O)c5nc(NC(=O)c6cc(NC(=O)c7ccc8nc(-c9nccn9C)n(COP(=O)(O)O)c8c7)cn6C)cn5C)cn4C)cc3)cc12. The molecule has 11 rings (SSSR count). The number of carbonyl (C=O) groups is 5. The molecule has 11 aromatic rings. The molecule has 0 atom stereocenters. The third-order valence-electron chi connectivity index (χ3n) is 18.3. The highest BCUT2D eigenvalue weighted by Crippen LogP contribution is 2.42. The first-order valence-corrected chi connectivity index (χ1v) is 39.1. The van der Waals surface area contributed by atoms with Gasteiger partial charge in [0.05, 0.1) is 134 Å². The number of carbonyl (C=O) groups excluding carboxylic acids is 5. The summed E-state index contributed by atoms with van der Waals surface area (Å²) in [6.45, 7) is 12.5. The standard InChI is InChI=1S/C80H95FN15O21P/c1-50-38-54(81)39-51(2)70(50)117-67-17-11-53(80(3,4)103)41-59(67)61-47-95(9)79(102)69-60(61)44-63(87-69)75(98)84-55-12-14-58(15-13-55)115-37-36-114-35-34-113-33-32-112-31-30-111-29-28-110-27-26-109-25-24-108-23-22-107-21-19-83-76(99)65-42-57(46-92(65)6)86-78(101)73-89-68(48-94(73)8)90-77(100)66-43-56(45-93(66)7)85-74(97)52-10-16-62-64(40-52)96(49-116-118(104,105)106)72(88-62)71-82-18-20-91(71)5/h10-18,20,38-48,87,103H,19,21-37,49H2,1-9H3,(H,83,99)(H,84,98)(H,85,97)(H,86,101)(H,90,100)(H2,104,105,106). The van der Waals surface area contributed by atoms with Gasteiger partial charge in [0.15, 0.2) is 17.5 Å². The van der Waals surface area contributed by atoms with Gasteiger partial charge in [0.25, 0.3) is 35.1 Å². The van der Waals surface area contributed by atoms with E-state index in [9.17, 15) is 52.6 Å². The maximum absolute atomic E-state index is 14.3. The average molecular weight is 1650 g/mol. The van der Waals surface area contributed by atoms with E-state index in [1.165, 1.54) is 73.3 Å². The van der Waals surface area contributed by atoms with Gasteiger partial charge in [-0.1, -0.05) is 6.07 Å². The number of halogens is 1. The predicted molar refractivity (Wildman–Crippen MR) is 432 cm³/mol. The number of nitrogens with one attached hydrogen (secondary N) is 6. The Bertz CT molecular complexity index is 5440. The first kappa shape index (κ1) is 87.3. The second-order valence-electron chi connectivity index (χ2n) is 27.7. The molecular formula is C80H95FN15O21P. The summed E-state index contributed by atoms with van der Waals surface area (Å²) in [5.41, 5.74) is 4.00. The Morgan fingerprint density at radius 3 is 1.68 bits per heavy atom. The summed E-state index contributed by atoms with van der Waals surface area (Å²) in [6.07, 6.45) is 9.41. The smallest absolute Gasteiger partial charge is 0.471 e. The highest BCUT2D eigenvalue weighted by molar-refractivity contribution is 7.46. The van der Waals surface area contributed by atoms with Crippen molar-refractivity contribution < 1.29 is 99.7 Å². The number of anilines is 4. The number of amides is 5. The molecule has 628 valence electrons. The zero-order valence-electron chi connectivity index (χ0n) is 66.6. The Kier molecular flexibility index (Phi) is 30.0. The minimum atomic E-state index is -4.90. The van der Waals surface area contributed by atoms with Crippen LogP contribution in [0.1, 0.15) is 83.0 Å². The van der Waals surface area contributed by atoms with Crippen molar-refractivity contribution in [3.05, 3.63) is 190 Å². The van der Waals surface area contributed by atoms with Crippen molar-refractivity contribution >= 4 is 82.2 Å². The highest BCUT2D eigenvalue weighted by atomic mass is 31.2. The van der Waals surface area contributed by atoms with E-state index < -0.39 is 49.7 Å². The molecule has 0 saturated heterocycles. The van der Waals surface area contributed by atoms with Gasteiger partial charge in [0.2, 0.25) is 5.82 Å². The van der Waals surface area contributed by atoms with E-state index in [0.717, 1.165) is 0 Å². The number of benzene rings is 4. The van der Waals surface area contributed by atoms with Crippen LogP contribution in [-0.2, 0) is 94.6 Å². The molecule has 5 amide bonds. The van der Waals surface area contributed by atoms with Gasteiger partial charge in [-0.25, -0.2) is 23.9 Å². The van der Waals surface area contributed by atoms with Crippen LogP contribution < -0.4 is 41.6 Å². The Balaban J connectivity index is 0.474. The number of aliphatic hydroxyl groups is 1. The average Bonchev–Trinajstić information content (AvgIpc) is 1.55. The molecule has 36 nitrogen and oxygen atoms in total. The molecule has 118 heavy (non-hydrogen) atoms. The largest absolute Gasteiger partial charge is 0.491 e. The molecule has 0 aliphatic rings. The van der Waals surface area contributed by atoms with Gasteiger partial charge in [-0.15, -0.1) is 0 Å². The Morgan fingerprint density at radius 1 is 0.551 bits per heavy atom. The van der Waals surface area contributed by atoms with Crippen LogP contribution in [0.25, 0.3) is 44.7 Å². The third-order valence-corrected chi connectivity index (χ3v) is 18.7. The summed E-state index contributed by atoms with van der Waals surface area (Å²) in [5, 5.41) is 25.3.